The molecule has 1 N–H and O–H groups in total. The van der Waals surface area contributed by atoms with Gasteiger partial charge in [-0.3, -0.25) is 4.79 Å². The summed E-state index contributed by atoms with van der Waals surface area (Å²) in [5.74, 6) is -0.198. The molecule has 0 aliphatic heterocycles. The van der Waals surface area contributed by atoms with E-state index in [-0.39, 0.29) is 25.4 Å². The highest BCUT2D eigenvalue weighted by molar-refractivity contribution is 7.88. The van der Waals surface area contributed by atoms with Gasteiger partial charge in [-0.05, 0) is 43.5 Å². The van der Waals surface area contributed by atoms with Gasteiger partial charge in [-0.1, -0.05) is 42.0 Å². The maximum absolute atomic E-state index is 12.3. The molecule has 0 aromatic heterocycles. The number of nitrogens with one attached hydrogen (secondary N) is 1. The Labute approximate surface area is 156 Å². The standard InChI is InChI=1S/C20H26N2O3S/c1-15-8-10-18(11-9-15)14-22(26(4,24)25)13-12-20(23)21-19-7-5-6-16(2)17(19)3/h5-11H,12-14H2,1-4H3,(H,21,23). The van der Waals surface area contributed by atoms with Crippen molar-refractivity contribution in [3.63, 3.8) is 0 Å². The maximum atomic E-state index is 12.3. The average molecular weight is 375 g/mol. The molecule has 5 nitrogen and oxygen atoms in total. The van der Waals surface area contributed by atoms with Crippen molar-refractivity contribution >= 4 is 21.6 Å². The van der Waals surface area contributed by atoms with Gasteiger partial charge in [0.15, 0.2) is 0 Å². The summed E-state index contributed by atoms with van der Waals surface area (Å²) in [6, 6.07) is 13.4. The molecule has 0 aliphatic rings. The average Bonchev–Trinajstić information content (AvgIpc) is 2.56. The highest BCUT2D eigenvalue weighted by atomic mass is 32.2. The molecule has 0 spiro atoms. The van der Waals surface area contributed by atoms with E-state index in [0.29, 0.717) is 0 Å². The fourth-order valence-electron chi connectivity index (χ4n) is 2.58. The van der Waals surface area contributed by atoms with Crippen molar-refractivity contribution < 1.29 is 13.2 Å². The lowest BCUT2D eigenvalue weighted by Crippen LogP contribution is -2.32. The fourth-order valence-corrected chi connectivity index (χ4v) is 3.39. The largest absolute Gasteiger partial charge is 0.326 e. The molecular weight excluding hydrogens is 348 g/mol. The molecule has 26 heavy (non-hydrogen) atoms. The Morgan fingerprint density at radius 2 is 1.69 bits per heavy atom. The normalized spacial score (nSPS) is 11.6. The number of anilines is 1. The number of hydrogen-bond donors (Lipinski definition) is 1. The monoisotopic (exact) mass is 374 g/mol. The lowest BCUT2D eigenvalue weighted by atomic mass is 10.1. The molecule has 2 aromatic carbocycles. The first-order chi connectivity index (χ1) is 12.2. The van der Waals surface area contributed by atoms with E-state index in [0.717, 1.165) is 27.9 Å². The predicted octanol–water partition coefficient (Wildman–Crippen LogP) is 3.40. The van der Waals surface area contributed by atoms with E-state index < -0.39 is 10.0 Å². The molecule has 0 bridgehead atoms. The molecule has 0 saturated heterocycles. The summed E-state index contributed by atoms with van der Waals surface area (Å²) in [5, 5.41) is 2.87. The third kappa shape index (κ3) is 5.68. The second-order valence-corrected chi connectivity index (χ2v) is 8.61. The lowest BCUT2D eigenvalue weighted by Gasteiger charge is -2.20. The van der Waals surface area contributed by atoms with Gasteiger partial charge in [0.1, 0.15) is 0 Å². The second-order valence-electron chi connectivity index (χ2n) is 6.63. The minimum absolute atomic E-state index is 0.103. The summed E-state index contributed by atoms with van der Waals surface area (Å²) >= 11 is 0. The van der Waals surface area contributed by atoms with Crippen molar-refractivity contribution in [1.82, 2.24) is 4.31 Å². The Hall–Kier alpha value is -2.18. The number of carbonyl (C=O) groups is 1. The van der Waals surface area contributed by atoms with E-state index in [2.05, 4.69) is 5.32 Å². The second kappa shape index (κ2) is 8.47. The van der Waals surface area contributed by atoms with Crippen LogP contribution in [0.15, 0.2) is 42.5 Å². The van der Waals surface area contributed by atoms with Crippen molar-refractivity contribution in [2.45, 2.75) is 33.7 Å². The van der Waals surface area contributed by atoms with Crippen LogP contribution in [0.4, 0.5) is 5.69 Å². The zero-order valence-electron chi connectivity index (χ0n) is 15.7. The first-order valence-corrected chi connectivity index (χ1v) is 10.4. The van der Waals surface area contributed by atoms with Gasteiger partial charge >= 0.3 is 0 Å². The van der Waals surface area contributed by atoms with Gasteiger partial charge in [-0.15, -0.1) is 0 Å². The van der Waals surface area contributed by atoms with Crippen LogP contribution in [0.1, 0.15) is 28.7 Å². The number of aryl methyl sites for hydroxylation is 2. The molecule has 0 atom stereocenters. The number of hydrogen-bond acceptors (Lipinski definition) is 3. The van der Waals surface area contributed by atoms with E-state index in [9.17, 15) is 13.2 Å². The van der Waals surface area contributed by atoms with Gasteiger partial charge in [-0.25, -0.2) is 8.42 Å². The number of benzene rings is 2. The molecule has 0 saturated carbocycles. The zero-order valence-corrected chi connectivity index (χ0v) is 16.6. The van der Waals surface area contributed by atoms with E-state index in [1.54, 1.807) is 0 Å². The number of amides is 1. The predicted molar refractivity (Wildman–Crippen MR) is 106 cm³/mol. The van der Waals surface area contributed by atoms with Crippen molar-refractivity contribution in [2.24, 2.45) is 0 Å². The van der Waals surface area contributed by atoms with Crippen LogP contribution in [0.3, 0.4) is 0 Å². The minimum Gasteiger partial charge on any atom is -0.326 e. The van der Waals surface area contributed by atoms with Crippen LogP contribution in [0.25, 0.3) is 0 Å². The van der Waals surface area contributed by atoms with Gasteiger partial charge in [0, 0.05) is 25.2 Å². The van der Waals surface area contributed by atoms with Gasteiger partial charge in [0.05, 0.1) is 6.26 Å². The van der Waals surface area contributed by atoms with Crippen LogP contribution in [0, 0.1) is 20.8 Å². The van der Waals surface area contributed by atoms with Crippen molar-refractivity contribution in [3.8, 4) is 0 Å². The van der Waals surface area contributed by atoms with E-state index in [1.807, 2.05) is 63.2 Å². The van der Waals surface area contributed by atoms with Gasteiger partial charge in [0.2, 0.25) is 15.9 Å². The summed E-state index contributed by atoms with van der Waals surface area (Å²) in [6.07, 6.45) is 1.27. The molecular formula is C20H26N2O3S. The van der Waals surface area contributed by atoms with Crippen LogP contribution in [0.2, 0.25) is 0 Å². The molecule has 0 unspecified atom stereocenters. The van der Waals surface area contributed by atoms with Crippen molar-refractivity contribution in [2.75, 3.05) is 18.1 Å². The highest BCUT2D eigenvalue weighted by Crippen LogP contribution is 2.18. The van der Waals surface area contributed by atoms with Gasteiger partial charge in [-0.2, -0.15) is 4.31 Å². The fraction of sp³-hybridized carbons (Fsp3) is 0.350. The summed E-state index contributed by atoms with van der Waals surface area (Å²) in [6.45, 7) is 6.32. The summed E-state index contributed by atoms with van der Waals surface area (Å²) in [7, 11) is -3.40. The molecule has 2 rings (SSSR count). The SMILES string of the molecule is Cc1ccc(CN(CCC(=O)Nc2cccc(C)c2C)S(C)(=O)=O)cc1. The molecule has 6 heteroatoms. The van der Waals surface area contributed by atoms with E-state index in [4.69, 9.17) is 0 Å². The summed E-state index contributed by atoms with van der Waals surface area (Å²) < 4.78 is 25.5. The van der Waals surface area contributed by atoms with E-state index in [1.165, 1.54) is 10.6 Å². The van der Waals surface area contributed by atoms with E-state index >= 15 is 0 Å². The molecule has 0 radical (unpaired) electrons. The van der Waals surface area contributed by atoms with Gasteiger partial charge in [0.25, 0.3) is 0 Å². The smallest absolute Gasteiger partial charge is 0.225 e. The maximum Gasteiger partial charge on any atom is 0.225 e. The number of sulfonamides is 1. The van der Waals surface area contributed by atoms with Gasteiger partial charge < -0.3 is 5.32 Å². The first-order valence-electron chi connectivity index (χ1n) is 8.53. The third-order valence-electron chi connectivity index (χ3n) is 4.42. The van der Waals surface area contributed by atoms with Crippen molar-refractivity contribution in [3.05, 3.63) is 64.7 Å². The molecule has 0 aliphatic carbocycles. The van der Waals surface area contributed by atoms with Crippen LogP contribution < -0.4 is 5.32 Å². The Morgan fingerprint density at radius 3 is 2.31 bits per heavy atom. The molecule has 2 aromatic rings. The number of nitrogens with zero attached hydrogens (tertiary/aromatic N) is 1. The Bertz CT molecular complexity index is 874. The first kappa shape index (κ1) is 20.1. The zero-order chi connectivity index (χ0) is 19.3. The Balaban J connectivity index is 2.01. The molecule has 0 fully saturated rings. The number of carbonyl (C=O) groups excluding carboxylic acids is 1. The topological polar surface area (TPSA) is 66.5 Å². The quantitative estimate of drug-likeness (QED) is 0.808. The highest BCUT2D eigenvalue weighted by Gasteiger charge is 2.18. The summed E-state index contributed by atoms with van der Waals surface area (Å²) in [4.78, 5) is 12.3. The molecule has 1 amide bonds. The van der Waals surface area contributed by atoms with Crippen LogP contribution in [0.5, 0.6) is 0 Å². The molecule has 140 valence electrons. The van der Waals surface area contributed by atoms with Crippen LogP contribution in [-0.2, 0) is 21.4 Å². The van der Waals surface area contributed by atoms with Crippen LogP contribution in [-0.4, -0.2) is 31.4 Å². The van der Waals surface area contributed by atoms with Crippen molar-refractivity contribution in [1.29, 1.82) is 0 Å². The Morgan fingerprint density at radius 1 is 1.04 bits per heavy atom. The third-order valence-corrected chi connectivity index (χ3v) is 5.67. The Kier molecular flexibility index (Phi) is 6.56. The number of rotatable bonds is 7. The minimum atomic E-state index is -3.40. The summed E-state index contributed by atoms with van der Waals surface area (Å²) in [5.41, 5.74) is 4.89. The van der Waals surface area contributed by atoms with Crippen LogP contribution >= 0.6 is 0 Å². The lowest BCUT2D eigenvalue weighted by molar-refractivity contribution is -0.116. The molecule has 0 heterocycles.